The number of rotatable bonds is 14. The molecule has 0 N–H and O–H groups in total. The van der Waals surface area contributed by atoms with Crippen LogP contribution in [0.2, 0.25) is 0 Å². The van der Waals surface area contributed by atoms with Gasteiger partial charge in [0, 0.05) is 66.8 Å². The molecule has 11 heteroatoms. The Morgan fingerprint density at radius 2 is 1.20 bits per heavy atom. The predicted molar refractivity (Wildman–Crippen MR) is 237 cm³/mol. The molecule has 0 radical (unpaired) electrons. The smallest absolute Gasteiger partial charge is 0.122 e. The van der Waals surface area contributed by atoms with Gasteiger partial charge in [0.2, 0.25) is 0 Å². The van der Waals surface area contributed by atoms with Crippen LogP contribution in [0, 0.1) is 6.08 Å². The van der Waals surface area contributed by atoms with E-state index in [0.29, 0.717) is 37.1 Å². The molecule has 0 unspecified atom stereocenters. The van der Waals surface area contributed by atoms with Crippen LogP contribution in [0.4, 0.5) is 22.7 Å². The third kappa shape index (κ3) is 16.4. The summed E-state index contributed by atoms with van der Waals surface area (Å²) in [6.45, 7) is 1.96. The maximum atomic E-state index is 5.92. The maximum absolute atomic E-state index is 5.92. The zero-order valence-corrected chi connectivity index (χ0v) is 37.5. The Bertz CT molecular complexity index is 2190. The van der Waals surface area contributed by atoms with Gasteiger partial charge in [0.1, 0.15) is 24.7 Å². The summed E-state index contributed by atoms with van der Waals surface area (Å²) in [5.41, 5.74) is 7.33. The fraction of sp³-hybridized carbons (Fsp3) is 0.143. The number of hydrogen-bond acceptors (Lipinski definition) is 6. The molecule has 0 fully saturated rings. The van der Waals surface area contributed by atoms with Gasteiger partial charge in [-0.05, 0) is 54.2 Å². The first-order valence-electron chi connectivity index (χ1n) is 19.2. The van der Waals surface area contributed by atoms with E-state index in [4.69, 9.17) is 9.47 Å². The molecule has 312 valence electrons. The van der Waals surface area contributed by atoms with Crippen molar-refractivity contribution in [2.75, 3.05) is 26.4 Å². The molecule has 8 rings (SSSR count). The van der Waals surface area contributed by atoms with Gasteiger partial charge in [0.25, 0.3) is 0 Å². The van der Waals surface area contributed by atoms with Crippen molar-refractivity contribution in [3.8, 4) is 11.5 Å². The summed E-state index contributed by atoms with van der Waals surface area (Å²) in [5, 5.41) is 13.4. The van der Waals surface area contributed by atoms with E-state index >= 15 is 0 Å². The molecule has 0 bridgehead atoms. The number of benzene rings is 4. The minimum Gasteiger partial charge on any atom is -0.699 e. The molecule has 4 aromatic carbocycles. The molecule has 1 aliphatic carbocycles. The third-order valence-electron chi connectivity index (χ3n) is 8.37. The molecule has 0 atom stereocenters. The van der Waals surface area contributed by atoms with Crippen LogP contribution in [0.1, 0.15) is 30.7 Å². The van der Waals surface area contributed by atoms with Crippen molar-refractivity contribution in [3.05, 3.63) is 216 Å². The van der Waals surface area contributed by atoms with E-state index in [-0.39, 0.29) is 42.1 Å². The van der Waals surface area contributed by atoms with Gasteiger partial charge < -0.3 is 35.4 Å². The van der Waals surface area contributed by atoms with Crippen molar-refractivity contribution < 1.29 is 51.6 Å². The van der Waals surface area contributed by atoms with Gasteiger partial charge >= 0.3 is 0 Å². The van der Waals surface area contributed by atoms with Crippen molar-refractivity contribution in [2.45, 2.75) is 19.3 Å². The Kier molecular flexibility index (Phi) is 21.6. The van der Waals surface area contributed by atoms with Gasteiger partial charge in [-0.1, -0.05) is 146 Å². The average Bonchev–Trinajstić information content (AvgIpc) is 3.31. The Morgan fingerprint density at radius 1 is 0.600 bits per heavy atom. The second-order valence-electron chi connectivity index (χ2n) is 12.6. The Hall–Kier alpha value is -5.88. The summed E-state index contributed by atoms with van der Waals surface area (Å²) in [6, 6.07) is 46.5. The largest absolute Gasteiger partial charge is 0.699 e. The Morgan fingerprint density at radius 3 is 1.83 bits per heavy atom. The van der Waals surface area contributed by atoms with E-state index in [1.165, 1.54) is 6.34 Å². The molecule has 0 saturated carbocycles. The molecular weight excluding hydrogens is 1110 g/mol. The first kappa shape index (κ1) is 46.8. The van der Waals surface area contributed by atoms with Crippen LogP contribution >= 0.6 is 0 Å². The van der Waals surface area contributed by atoms with E-state index in [2.05, 4.69) is 60.2 Å². The topological polar surface area (TPSA) is 111 Å². The molecule has 1 aliphatic heterocycles. The fourth-order valence-corrected chi connectivity index (χ4v) is 5.53. The molecule has 9 nitrogen and oxygen atoms in total. The van der Waals surface area contributed by atoms with Crippen LogP contribution < -0.4 is 9.47 Å². The summed E-state index contributed by atoms with van der Waals surface area (Å²) < 4.78 is 11.8. The Labute approximate surface area is 382 Å². The first-order valence-corrected chi connectivity index (χ1v) is 19.2. The summed E-state index contributed by atoms with van der Waals surface area (Å²) in [4.78, 5) is 17.2. The van der Waals surface area contributed by atoms with E-state index in [9.17, 15) is 0 Å². The second-order valence-corrected chi connectivity index (χ2v) is 12.6. The zero-order chi connectivity index (χ0) is 39.7. The number of ether oxygens (including phenoxy) is 2. The van der Waals surface area contributed by atoms with Crippen molar-refractivity contribution in [1.82, 2.24) is 9.97 Å². The molecule has 2 aliphatic rings. The van der Waals surface area contributed by atoms with Gasteiger partial charge in [-0.25, -0.2) is 6.67 Å². The fourth-order valence-electron chi connectivity index (χ4n) is 5.53. The summed E-state index contributed by atoms with van der Waals surface area (Å²) >= 11 is 0. The van der Waals surface area contributed by atoms with Crippen molar-refractivity contribution in [2.24, 2.45) is 9.98 Å². The molecule has 0 saturated heterocycles. The van der Waals surface area contributed by atoms with Gasteiger partial charge in [0.05, 0.1) is 11.4 Å². The average molecular weight is 1150 g/mol. The quantitative estimate of drug-likeness (QED) is 0.0468. The van der Waals surface area contributed by atoms with Crippen LogP contribution in [0.3, 0.4) is 0 Å². The van der Waals surface area contributed by atoms with Crippen molar-refractivity contribution in [3.63, 3.8) is 0 Å². The second kappa shape index (κ2) is 27.7. The number of aliphatic imine (C=N–C) groups is 2. The summed E-state index contributed by atoms with van der Waals surface area (Å²) in [6.07, 6.45) is 20.0. The summed E-state index contributed by atoms with van der Waals surface area (Å²) in [5.74, 6) is 1.37. The van der Waals surface area contributed by atoms with Gasteiger partial charge in [-0.2, -0.15) is 17.7 Å². The Balaban J connectivity index is 0.000000248. The van der Waals surface area contributed by atoms with Crippen LogP contribution in [-0.4, -0.2) is 48.4 Å². The number of allylic oxidation sites excluding steroid dienone is 5. The number of pyridine rings is 2. The minimum atomic E-state index is 0. The molecule has 0 spiro atoms. The van der Waals surface area contributed by atoms with Crippen LogP contribution in [0.5, 0.6) is 11.5 Å². The van der Waals surface area contributed by atoms with Crippen LogP contribution in [-0.2, 0) is 42.1 Å². The maximum Gasteiger partial charge on any atom is 0.122 e. The van der Waals surface area contributed by atoms with E-state index < -0.39 is 0 Å². The number of nitrogens with zero attached hydrogens (tertiary/aromatic N) is 7. The zero-order valence-electron chi connectivity index (χ0n) is 32.9. The molecule has 2 aromatic heterocycles. The number of para-hydroxylation sites is 6. The first-order chi connectivity index (χ1) is 28.8. The molecule has 0 amide bonds. The standard InChI is InChI=1S/C28H25N4O2.C11H10N.C10H10N2.2Pt/c1-3-11-23(12-4-1)29-21-31-25-15-7-9-17-27(25)33-19-20-34-28-18-10-8-16-26(28)32-22-30-24-13-5-2-6-14-24;1-2-6-10(7-3-1)11-8-4-5-9-12-11;1-3-7-11-9(5-1)10-6-2-4-8-12-10;;/h1-18,21H,19-20,22H2;2,4-6,8-9H,1,3H2;1-3,5-7H,4,8H2;;/q-3;-1;;;. The van der Waals surface area contributed by atoms with E-state index in [1.807, 2.05) is 158 Å². The normalized spacial score (nSPS) is 12.3. The van der Waals surface area contributed by atoms with Crippen molar-refractivity contribution >= 4 is 40.4 Å². The monoisotopic (exact) mass is 1150 g/mol. The minimum absolute atomic E-state index is 0. The number of hydrogen-bond donors (Lipinski definition) is 0. The molecule has 60 heavy (non-hydrogen) atoms. The number of dihydropyridines is 1. The van der Waals surface area contributed by atoms with E-state index in [1.54, 1.807) is 6.20 Å². The van der Waals surface area contributed by atoms with Gasteiger partial charge in [-0.3, -0.25) is 9.98 Å². The van der Waals surface area contributed by atoms with Crippen molar-refractivity contribution in [1.29, 1.82) is 0 Å². The molecular formula is C49H45N7O2Pt2-4. The predicted octanol–water partition coefficient (Wildman–Crippen LogP) is 12.6. The molecule has 6 aromatic rings. The van der Waals surface area contributed by atoms with Crippen LogP contribution in [0.25, 0.3) is 21.5 Å². The number of aromatic nitrogens is 2. The molecule has 3 heterocycles. The SMILES string of the molecule is C(=Nc1ccccc1)[N-]c1ccccc1OCCOc1ccccc1[N-]C[N-]c1ccccc1.C1=CC(c2ccccn2)=NCC1.[C-]1=C(c2ccccn2)C=CCC1.[Pt].[Pt]. The summed E-state index contributed by atoms with van der Waals surface area (Å²) in [7, 11) is 0. The third-order valence-corrected chi connectivity index (χ3v) is 8.37. The van der Waals surface area contributed by atoms with Gasteiger partial charge in [-0.15, -0.1) is 11.8 Å². The van der Waals surface area contributed by atoms with Crippen LogP contribution in [0.15, 0.2) is 192 Å². The van der Waals surface area contributed by atoms with E-state index in [0.717, 1.165) is 65.5 Å². The van der Waals surface area contributed by atoms with Gasteiger partial charge in [0.15, 0.2) is 0 Å².